The van der Waals surface area contributed by atoms with E-state index in [1.807, 2.05) is 30.6 Å². The van der Waals surface area contributed by atoms with Gasteiger partial charge in [-0.1, -0.05) is 45.1 Å². The minimum absolute atomic E-state index is 0.116. The van der Waals surface area contributed by atoms with Gasteiger partial charge >= 0.3 is 0 Å². The number of alkyl halides is 1. The highest BCUT2D eigenvalue weighted by molar-refractivity contribution is 6.18. The Kier molecular flexibility index (Phi) is 8.66. The first-order chi connectivity index (χ1) is 8.86. The summed E-state index contributed by atoms with van der Waals surface area (Å²) in [5.74, 6) is 0.552. The number of aromatic nitrogens is 1. The fourth-order valence-corrected chi connectivity index (χ4v) is 2.15. The van der Waals surface area contributed by atoms with Gasteiger partial charge in [0.05, 0.1) is 5.88 Å². The Morgan fingerprint density at radius 3 is 2.33 bits per heavy atom. The van der Waals surface area contributed by atoms with Gasteiger partial charge < -0.3 is 0 Å². The third kappa shape index (κ3) is 6.85. The van der Waals surface area contributed by atoms with Crippen LogP contribution in [0.2, 0.25) is 0 Å². The molecule has 0 fully saturated rings. The van der Waals surface area contributed by atoms with Crippen LogP contribution in [0.5, 0.6) is 0 Å². The van der Waals surface area contributed by atoms with Gasteiger partial charge in [0.1, 0.15) is 0 Å². The van der Waals surface area contributed by atoms with Gasteiger partial charge in [0.25, 0.3) is 0 Å². The molecular formula is C15H25ClNO+. The van der Waals surface area contributed by atoms with Crippen LogP contribution in [0.15, 0.2) is 30.6 Å². The summed E-state index contributed by atoms with van der Waals surface area (Å²) in [5.41, 5.74) is 0. The van der Waals surface area contributed by atoms with Crippen molar-refractivity contribution < 1.29 is 9.57 Å². The minimum Gasteiger partial charge on any atom is -0.267 e. The number of unbranched alkanes of at least 4 members (excludes halogenated alkanes) is 5. The molecule has 0 radical (unpaired) electrons. The fraction of sp³-hybridized carbons (Fsp3) is 0.667. The van der Waals surface area contributed by atoms with Gasteiger partial charge in [-0.25, -0.2) is 0 Å². The second-order valence-electron chi connectivity index (χ2n) is 4.67. The Balaban J connectivity index is 2.14. The zero-order chi connectivity index (χ0) is 13.1. The molecule has 0 unspecified atom stereocenters. The normalized spacial score (nSPS) is 12.3. The van der Waals surface area contributed by atoms with Crippen LogP contribution in [0.25, 0.3) is 0 Å². The molecule has 1 aromatic rings. The van der Waals surface area contributed by atoms with Crippen molar-refractivity contribution in [3.8, 4) is 0 Å². The molecule has 0 aromatic carbocycles. The quantitative estimate of drug-likeness (QED) is 0.358. The predicted molar refractivity (Wildman–Crippen MR) is 75.7 cm³/mol. The number of pyridine rings is 1. The third-order valence-electron chi connectivity index (χ3n) is 3.01. The van der Waals surface area contributed by atoms with E-state index in [4.69, 9.17) is 16.4 Å². The summed E-state index contributed by atoms with van der Waals surface area (Å²) in [5, 5.41) is 0. The van der Waals surface area contributed by atoms with Crippen molar-refractivity contribution in [2.24, 2.45) is 0 Å². The molecule has 0 aliphatic carbocycles. The van der Waals surface area contributed by atoms with Crippen LogP contribution in [0.3, 0.4) is 0 Å². The van der Waals surface area contributed by atoms with E-state index in [9.17, 15) is 0 Å². The molecule has 0 saturated heterocycles. The third-order valence-corrected chi connectivity index (χ3v) is 3.35. The molecular weight excluding hydrogens is 246 g/mol. The second-order valence-corrected chi connectivity index (χ2v) is 4.98. The van der Waals surface area contributed by atoms with Crippen LogP contribution in [0.1, 0.15) is 51.9 Å². The molecule has 3 heteroatoms. The van der Waals surface area contributed by atoms with Crippen molar-refractivity contribution >= 4 is 11.6 Å². The average molecular weight is 271 g/mol. The van der Waals surface area contributed by atoms with E-state index < -0.39 is 0 Å². The van der Waals surface area contributed by atoms with Gasteiger partial charge in [0.15, 0.2) is 6.10 Å². The maximum atomic E-state index is 5.94. The summed E-state index contributed by atoms with van der Waals surface area (Å²) in [7, 11) is 0. The van der Waals surface area contributed by atoms with Gasteiger partial charge in [0.2, 0.25) is 12.4 Å². The summed E-state index contributed by atoms with van der Waals surface area (Å²) in [4.78, 5) is 5.78. The molecule has 0 aliphatic heterocycles. The van der Waals surface area contributed by atoms with Crippen molar-refractivity contribution in [2.75, 3.05) is 5.88 Å². The van der Waals surface area contributed by atoms with Crippen LogP contribution in [0, 0.1) is 0 Å². The first-order valence-electron chi connectivity index (χ1n) is 7.06. The van der Waals surface area contributed by atoms with Gasteiger partial charge in [0, 0.05) is 16.9 Å². The summed E-state index contributed by atoms with van der Waals surface area (Å²) in [6.07, 6.45) is 12.8. The van der Waals surface area contributed by atoms with E-state index in [1.54, 1.807) is 4.73 Å². The molecule has 0 spiro atoms. The largest absolute Gasteiger partial charge is 0.267 e. The summed E-state index contributed by atoms with van der Waals surface area (Å²) in [6, 6.07) is 5.88. The zero-order valence-electron chi connectivity index (χ0n) is 11.4. The molecule has 0 bridgehead atoms. The first-order valence-corrected chi connectivity index (χ1v) is 7.59. The second kappa shape index (κ2) is 10.2. The van der Waals surface area contributed by atoms with Crippen molar-refractivity contribution in [3.63, 3.8) is 0 Å². The monoisotopic (exact) mass is 270 g/mol. The van der Waals surface area contributed by atoms with Crippen LogP contribution < -0.4 is 9.57 Å². The van der Waals surface area contributed by atoms with Crippen molar-refractivity contribution in [3.05, 3.63) is 30.6 Å². The van der Waals surface area contributed by atoms with Crippen LogP contribution in [-0.4, -0.2) is 12.0 Å². The number of rotatable bonds is 10. The molecule has 0 amide bonds. The maximum Gasteiger partial charge on any atom is 0.222 e. The van der Waals surface area contributed by atoms with Crippen LogP contribution >= 0.6 is 11.6 Å². The fourth-order valence-electron chi connectivity index (χ4n) is 1.94. The topological polar surface area (TPSA) is 13.1 Å². The Morgan fingerprint density at radius 1 is 1.00 bits per heavy atom. The summed E-state index contributed by atoms with van der Waals surface area (Å²) >= 11 is 5.94. The van der Waals surface area contributed by atoms with E-state index in [1.165, 1.54) is 38.5 Å². The van der Waals surface area contributed by atoms with Gasteiger partial charge in [-0.15, -0.1) is 11.6 Å². The minimum atomic E-state index is 0.116. The van der Waals surface area contributed by atoms with E-state index in [0.29, 0.717) is 5.88 Å². The van der Waals surface area contributed by atoms with Crippen molar-refractivity contribution in [1.29, 1.82) is 0 Å². The zero-order valence-corrected chi connectivity index (χ0v) is 12.1. The van der Waals surface area contributed by atoms with Gasteiger partial charge in [-0.2, -0.15) is 0 Å². The summed E-state index contributed by atoms with van der Waals surface area (Å²) in [6.45, 7) is 2.24. The Labute approximate surface area is 116 Å². The highest BCUT2D eigenvalue weighted by atomic mass is 35.5. The standard InChI is InChI=1S/C15H25ClNO/c1-2-3-4-5-6-8-11-15(14-16)18-17-12-9-7-10-13-17/h7,9-10,12-13,15H,2-6,8,11,14H2,1H3/q+1/t15-/m0/s1. The van der Waals surface area contributed by atoms with E-state index in [0.717, 1.165) is 6.42 Å². The van der Waals surface area contributed by atoms with E-state index >= 15 is 0 Å². The Morgan fingerprint density at radius 2 is 1.67 bits per heavy atom. The average Bonchev–Trinajstić information content (AvgIpc) is 2.42. The lowest BCUT2D eigenvalue weighted by molar-refractivity contribution is -0.898. The lowest BCUT2D eigenvalue weighted by Gasteiger charge is -2.10. The molecule has 1 heterocycles. The molecule has 1 aromatic heterocycles. The van der Waals surface area contributed by atoms with Gasteiger partial charge in [-0.05, 0) is 12.8 Å². The lowest BCUT2D eigenvalue weighted by atomic mass is 10.1. The van der Waals surface area contributed by atoms with Gasteiger partial charge in [-0.3, -0.25) is 4.84 Å². The van der Waals surface area contributed by atoms with Crippen LogP contribution in [0.4, 0.5) is 0 Å². The van der Waals surface area contributed by atoms with E-state index in [-0.39, 0.29) is 6.10 Å². The molecule has 0 saturated carbocycles. The number of halogens is 1. The Hall–Kier alpha value is -0.760. The molecule has 1 rings (SSSR count). The number of hydrogen-bond acceptors (Lipinski definition) is 1. The highest BCUT2D eigenvalue weighted by Gasteiger charge is 2.13. The molecule has 18 heavy (non-hydrogen) atoms. The van der Waals surface area contributed by atoms with Crippen LogP contribution in [-0.2, 0) is 0 Å². The SMILES string of the molecule is CCCCCCCC[C@@H](CCl)O[n+]1ccccc1. The maximum absolute atomic E-state index is 5.94. The molecule has 102 valence electrons. The lowest BCUT2D eigenvalue weighted by Crippen LogP contribution is -2.47. The Bertz CT molecular complexity index is 292. The number of hydrogen-bond donors (Lipinski definition) is 0. The molecule has 0 aliphatic rings. The predicted octanol–water partition coefficient (Wildman–Crippen LogP) is 3.76. The summed E-state index contributed by atoms with van der Waals surface area (Å²) < 4.78 is 1.74. The molecule has 0 N–H and O–H groups in total. The van der Waals surface area contributed by atoms with E-state index in [2.05, 4.69) is 6.92 Å². The van der Waals surface area contributed by atoms with Crippen molar-refractivity contribution in [2.45, 2.75) is 58.0 Å². The number of nitrogens with zero attached hydrogens (tertiary/aromatic N) is 1. The molecule has 1 atom stereocenters. The first kappa shape index (κ1) is 15.3. The smallest absolute Gasteiger partial charge is 0.222 e. The molecule has 2 nitrogen and oxygen atoms in total. The highest BCUT2D eigenvalue weighted by Crippen LogP contribution is 2.09. The van der Waals surface area contributed by atoms with Crippen molar-refractivity contribution in [1.82, 2.24) is 0 Å².